The molecular formula is C44H53N9O8S. The van der Waals surface area contributed by atoms with Gasteiger partial charge < -0.3 is 46.6 Å². The Hall–Kier alpha value is -5.82. The number of nitrogens with two attached hydrogens (primary N) is 1. The minimum absolute atomic E-state index is 0.00433. The average Bonchev–Trinajstić information content (AvgIpc) is 3.52. The van der Waals surface area contributed by atoms with Crippen molar-refractivity contribution in [2.75, 3.05) is 50.6 Å². The van der Waals surface area contributed by atoms with Crippen LogP contribution in [0.2, 0.25) is 0 Å². The van der Waals surface area contributed by atoms with Crippen LogP contribution in [0.4, 0.5) is 10.5 Å². The molecule has 17 nitrogen and oxygen atoms in total. The number of anilines is 1. The summed E-state index contributed by atoms with van der Waals surface area (Å²) in [7, 11) is 0. The molecule has 62 heavy (non-hydrogen) atoms. The number of carbonyl (C=O) groups excluding carboxylic acids is 5. The summed E-state index contributed by atoms with van der Waals surface area (Å²) in [6, 6.07) is 22.1. The molecule has 0 radical (unpaired) electrons. The maximum absolute atomic E-state index is 13.6. The molecule has 5 amide bonds. The van der Waals surface area contributed by atoms with Gasteiger partial charge in [0.05, 0.1) is 50.4 Å². The molecule has 6 atom stereocenters. The standard InChI is InChI=1S/C44H53N9O8S/c45-35-25-34(35)28-14-16-32(17-15-28)47-43(57)36(48-42(56)31-12-10-30(11-13-31)41(55)29-6-2-1-3-7-29)24-33-26-53(52-51-33)61-23-22-60-21-20-59-19-18-46-39(54)9-5-4-8-38-40-37(27-62-38)49-44(58)50-40/h1-3,6-7,10-17,26,34-38,40H,4-5,8-9,18-25,27,45H2,(H,46,54)(H,47,57)(H,48,56)(H2,49,50,58)/t34-,35+,36-,37-,38-,40-/m0/s1. The molecule has 4 aromatic rings. The van der Waals surface area contributed by atoms with E-state index in [0.717, 1.165) is 37.0 Å². The third-order valence-corrected chi connectivity index (χ3v) is 12.4. The molecule has 7 N–H and O–H groups in total. The number of hydrogen-bond donors (Lipinski definition) is 6. The first kappa shape index (κ1) is 44.2. The number of ketones is 1. The molecule has 1 saturated carbocycles. The maximum Gasteiger partial charge on any atom is 0.315 e. The molecule has 1 aromatic heterocycles. The second-order valence-corrected chi connectivity index (χ2v) is 16.8. The first-order valence-corrected chi connectivity index (χ1v) is 22.1. The molecule has 0 spiro atoms. The number of fused-ring (bicyclic) bond motifs is 1. The van der Waals surface area contributed by atoms with Crippen molar-refractivity contribution in [1.82, 2.24) is 36.4 Å². The molecule has 0 bridgehead atoms. The molecule has 3 aromatic carbocycles. The molecule has 1 aliphatic carbocycles. The smallest absolute Gasteiger partial charge is 0.315 e. The number of carbonyl (C=O) groups is 5. The van der Waals surface area contributed by atoms with E-state index in [1.165, 1.54) is 11.0 Å². The number of urea groups is 1. The van der Waals surface area contributed by atoms with Crippen molar-refractivity contribution in [2.24, 2.45) is 5.73 Å². The lowest BCUT2D eigenvalue weighted by Crippen LogP contribution is -2.45. The highest BCUT2D eigenvalue weighted by Gasteiger charge is 2.42. The second-order valence-electron chi connectivity index (χ2n) is 15.5. The van der Waals surface area contributed by atoms with E-state index in [1.807, 2.05) is 42.1 Å². The van der Waals surface area contributed by atoms with Gasteiger partial charge in [0.1, 0.15) is 12.6 Å². The zero-order valence-electron chi connectivity index (χ0n) is 34.3. The number of rotatable bonds is 24. The topological polar surface area (TPSA) is 230 Å². The van der Waals surface area contributed by atoms with Gasteiger partial charge in [-0.25, -0.2) is 4.79 Å². The normalized spacial score (nSPS) is 20.3. The zero-order chi connectivity index (χ0) is 43.3. The maximum atomic E-state index is 13.6. The number of hydrogen-bond acceptors (Lipinski definition) is 12. The van der Waals surface area contributed by atoms with Crippen LogP contribution < -0.4 is 37.2 Å². The number of thioether (sulfide) groups is 1. The van der Waals surface area contributed by atoms with Crippen molar-refractivity contribution < 1.29 is 38.3 Å². The van der Waals surface area contributed by atoms with Gasteiger partial charge in [0.15, 0.2) is 5.78 Å². The van der Waals surface area contributed by atoms with Crippen molar-refractivity contribution in [3.05, 3.63) is 113 Å². The van der Waals surface area contributed by atoms with Crippen molar-refractivity contribution in [2.45, 2.75) is 73.9 Å². The minimum atomic E-state index is -1.04. The van der Waals surface area contributed by atoms with Crippen molar-refractivity contribution in [3.63, 3.8) is 0 Å². The van der Waals surface area contributed by atoms with E-state index in [1.54, 1.807) is 48.5 Å². The molecule has 3 fully saturated rings. The summed E-state index contributed by atoms with van der Waals surface area (Å²) in [5, 5.41) is 23.1. The number of ether oxygens (including phenoxy) is 2. The van der Waals surface area contributed by atoms with E-state index in [2.05, 4.69) is 36.9 Å². The fourth-order valence-corrected chi connectivity index (χ4v) is 8.95. The number of unbranched alkanes of at least 4 members (excludes halogenated alkanes) is 1. The first-order chi connectivity index (χ1) is 30.2. The first-order valence-electron chi connectivity index (χ1n) is 21.0. The van der Waals surface area contributed by atoms with Crippen LogP contribution >= 0.6 is 11.8 Å². The Morgan fingerprint density at radius 1 is 0.871 bits per heavy atom. The number of aromatic nitrogens is 3. The van der Waals surface area contributed by atoms with Gasteiger partial charge in [0.25, 0.3) is 5.91 Å². The monoisotopic (exact) mass is 867 g/mol. The minimum Gasteiger partial charge on any atom is -0.393 e. The molecule has 3 aliphatic rings. The highest BCUT2D eigenvalue weighted by atomic mass is 32.2. The van der Waals surface area contributed by atoms with Crippen LogP contribution in [0.3, 0.4) is 0 Å². The highest BCUT2D eigenvalue weighted by molar-refractivity contribution is 8.00. The largest absolute Gasteiger partial charge is 0.393 e. The van der Waals surface area contributed by atoms with Crippen LogP contribution in [0.15, 0.2) is 85.1 Å². The Labute approximate surface area is 363 Å². The Morgan fingerprint density at radius 3 is 2.34 bits per heavy atom. The van der Waals surface area contributed by atoms with Crippen LogP contribution in [-0.2, 0) is 25.5 Å². The summed E-state index contributed by atoms with van der Waals surface area (Å²) in [4.78, 5) is 70.5. The summed E-state index contributed by atoms with van der Waals surface area (Å²) >= 11 is 1.88. The second kappa shape index (κ2) is 21.8. The SMILES string of the molecule is N[C@@H]1C[C@H]1c1ccc(NC(=O)[C@H](Cc2cn(OCCOCCOCCNC(=O)CCCC[C@@H]3SC[C@@H]4NC(=O)N[C@@H]43)nn2)NC(=O)c2ccc(C(=O)c3ccccc3)cc2)cc1. The number of amides is 5. The highest BCUT2D eigenvalue weighted by Crippen LogP contribution is 2.39. The summed E-state index contributed by atoms with van der Waals surface area (Å²) < 4.78 is 11.2. The summed E-state index contributed by atoms with van der Waals surface area (Å²) in [6.07, 6.45) is 5.64. The lowest BCUT2D eigenvalue weighted by molar-refractivity contribution is -0.121. The molecule has 2 saturated heterocycles. The Balaban J connectivity index is 0.798. The van der Waals surface area contributed by atoms with Gasteiger partial charge in [0.2, 0.25) is 11.8 Å². The van der Waals surface area contributed by atoms with Crippen LogP contribution in [0, 0.1) is 0 Å². The van der Waals surface area contributed by atoms with E-state index in [4.69, 9.17) is 20.0 Å². The Kier molecular flexibility index (Phi) is 15.6. The van der Waals surface area contributed by atoms with Gasteiger partial charge in [-0.05, 0) is 54.3 Å². The van der Waals surface area contributed by atoms with E-state index >= 15 is 0 Å². The molecular weight excluding hydrogens is 815 g/mol. The molecule has 7 rings (SSSR count). The van der Waals surface area contributed by atoms with Gasteiger partial charge in [-0.1, -0.05) is 65.9 Å². The molecule has 2 aliphatic heterocycles. The number of nitrogens with zero attached hydrogens (tertiary/aromatic N) is 3. The van der Waals surface area contributed by atoms with Gasteiger partial charge in [-0.15, -0.1) is 5.10 Å². The molecule has 18 heteroatoms. The number of benzene rings is 3. The fourth-order valence-electron chi connectivity index (χ4n) is 7.40. The van der Waals surface area contributed by atoms with E-state index < -0.39 is 17.9 Å². The third-order valence-electron chi connectivity index (χ3n) is 10.9. The third kappa shape index (κ3) is 12.6. The van der Waals surface area contributed by atoms with Crippen LogP contribution in [0.5, 0.6) is 0 Å². The van der Waals surface area contributed by atoms with Crippen LogP contribution in [-0.4, -0.2) is 119 Å². The van der Waals surface area contributed by atoms with Gasteiger partial charge in [-0.2, -0.15) is 11.8 Å². The fraction of sp³-hybridized carbons (Fsp3) is 0.432. The van der Waals surface area contributed by atoms with Crippen molar-refractivity contribution >= 4 is 47.0 Å². The predicted octanol–water partition coefficient (Wildman–Crippen LogP) is 2.61. The van der Waals surface area contributed by atoms with Crippen molar-refractivity contribution in [1.29, 1.82) is 0 Å². The van der Waals surface area contributed by atoms with E-state index in [0.29, 0.717) is 66.5 Å². The zero-order valence-corrected chi connectivity index (χ0v) is 35.1. The van der Waals surface area contributed by atoms with Crippen LogP contribution in [0.25, 0.3) is 0 Å². The predicted molar refractivity (Wildman–Crippen MR) is 232 cm³/mol. The van der Waals surface area contributed by atoms with Gasteiger partial charge >= 0.3 is 6.03 Å². The number of nitrogens with one attached hydrogen (secondary N) is 5. The summed E-state index contributed by atoms with van der Waals surface area (Å²) in [6.45, 7) is 1.87. The van der Waals surface area contributed by atoms with Gasteiger partial charge in [0, 0.05) is 64.7 Å². The lowest BCUT2D eigenvalue weighted by atomic mass is 10.0. The van der Waals surface area contributed by atoms with Crippen molar-refractivity contribution in [3.8, 4) is 0 Å². The van der Waals surface area contributed by atoms with E-state index in [9.17, 15) is 24.0 Å². The molecule has 0 unspecified atom stereocenters. The lowest BCUT2D eigenvalue weighted by Gasteiger charge is -2.18. The van der Waals surface area contributed by atoms with E-state index in [-0.39, 0.29) is 61.0 Å². The van der Waals surface area contributed by atoms with Crippen LogP contribution in [0.1, 0.15) is 75.6 Å². The van der Waals surface area contributed by atoms with Gasteiger partial charge in [-0.3, -0.25) is 19.2 Å². The quantitative estimate of drug-likeness (QED) is 0.0339. The molecule has 3 heterocycles. The Morgan fingerprint density at radius 2 is 1.58 bits per heavy atom. The average molecular weight is 868 g/mol. The summed E-state index contributed by atoms with van der Waals surface area (Å²) in [5.74, 6) is 0.125. The Bertz CT molecular complexity index is 2140. The molecule has 328 valence electrons. The summed E-state index contributed by atoms with van der Waals surface area (Å²) in [5.41, 5.74) is 9.32.